The fourth-order valence-electron chi connectivity index (χ4n) is 4.16. The van der Waals surface area contributed by atoms with Gasteiger partial charge >= 0.3 is 0 Å². The van der Waals surface area contributed by atoms with Crippen molar-refractivity contribution in [1.82, 2.24) is 5.32 Å². The van der Waals surface area contributed by atoms with Crippen LogP contribution in [0, 0.1) is 5.92 Å². The highest BCUT2D eigenvalue weighted by atomic mass is 15.0. The van der Waals surface area contributed by atoms with E-state index in [1.54, 1.807) is 0 Å². The third kappa shape index (κ3) is 2.30. The summed E-state index contributed by atoms with van der Waals surface area (Å²) < 4.78 is 0. The summed E-state index contributed by atoms with van der Waals surface area (Å²) in [5, 5.41) is 3.96. The van der Waals surface area contributed by atoms with E-state index >= 15 is 0 Å². The second kappa shape index (κ2) is 5.31. The highest BCUT2D eigenvalue weighted by Gasteiger charge is 2.30. The summed E-state index contributed by atoms with van der Waals surface area (Å²) in [5.74, 6) is 0.864. The lowest BCUT2D eigenvalue weighted by atomic mass is 9.86. The Kier molecular flexibility index (Phi) is 3.31. The lowest BCUT2D eigenvalue weighted by molar-refractivity contribution is 0.291. The molecule has 2 atom stereocenters. The van der Waals surface area contributed by atoms with Crippen LogP contribution < -0.4 is 5.32 Å². The summed E-state index contributed by atoms with van der Waals surface area (Å²) in [6.45, 7) is 2.39. The molecule has 4 rings (SSSR count). The Labute approximate surface area is 127 Å². The topological polar surface area (TPSA) is 12.0 Å². The van der Waals surface area contributed by atoms with Crippen LogP contribution in [0.15, 0.2) is 48.5 Å². The maximum Gasteiger partial charge on any atom is 0.0591 e. The Morgan fingerprint density at radius 2 is 1.48 bits per heavy atom. The highest BCUT2D eigenvalue weighted by molar-refractivity contribution is 5.78. The molecule has 0 radical (unpaired) electrons. The van der Waals surface area contributed by atoms with Crippen molar-refractivity contribution in [3.8, 4) is 11.1 Å². The summed E-state index contributed by atoms with van der Waals surface area (Å²) in [5.41, 5.74) is 5.73. The Morgan fingerprint density at radius 3 is 2.10 bits per heavy atom. The molecule has 1 fully saturated rings. The van der Waals surface area contributed by atoms with Gasteiger partial charge in [-0.3, -0.25) is 0 Å². The van der Waals surface area contributed by atoms with E-state index < -0.39 is 0 Å². The molecule has 0 amide bonds. The fourth-order valence-corrected chi connectivity index (χ4v) is 4.16. The van der Waals surface area contributed by atoms with Gasteiger partial charge in [0, 0.05) is 6.04 Å². The van der Waals surface area contributed by atoms with Crippen LogP contribution in [0.3, 0.4) is 0 Å². The molecule has 2 aromatic rings. The first kappa shape index (κ1) is 13.1. The minimum atomic E-state index is 0.382. The van der Waals surface area contributed by atoms with Crippen molar-refractivity contribution >= 4 is 0 Å². The smallest absolute Gasteiger partial charge is 0.0591 e. The van der Waals surface area contributed by atoms with Crippen LogP contribution in [0.1, 0.15) is 49.8 Å². The van der Waals surface area contributed by atoms with Gasteiger partial charge in [-0.1, -0.05) is 68.3 Å². The molecule has 1 nitrogen and oxygen atoms in total. The van der Waals surface area contributed by atoms with Crippen molar-refractivity contribution in [2.75, 3.05) is 0 Å². The van der Waals surface area contributed by atoms with Crippen molar-refractivity contribution in [3.63, 3.8) is 0 Å². The SMILES string of the molecule is CC1CCCC(NC2c3ccccc3-c3ccccc32)C1. The van der Waals surface area contributed by atoms with E-state index in [4.69, 9.17) is 0 Å². The molecule has 1 heteroatoms. The molecule has 0 bridgehead atoms. The number of hydrogen-bond acceptors (Lipinski definition) is 1. The molecular formula is C20H23N. The van der Waals surface area contributed by atoms with E-state index in [-0.39, 0.29) is 0 Å². The lowest BCUT2D eigenvalue weighted by Gasteiger charge is -2.30. The maximum atomic E-state index is 3.96. The summed E-state index contributed by atoms with van der Waals surface area (Å²) in [4.78, 5) is 0. The first-order valence-corrected chi connectivity index (χ1v) is 8.27. The molecule has 2 aliphatic carbocycles. The molecule has 2 aromatic carbocycles. The van der Waals surface area contributed by atoms with Gasteiger partial charge in [0.25, 0.3) is 0 Å². The van der Waals surface area contributed by atoms with E-state index in [2.05, 4.69) is 60.8 Å². The monoisotopic (exact) mass is 277 g/mol. The van der Waals surface area contributed by atoms with Gasteiger partial charge in [-0.25, -0.2) is 0 Å². The zero-order valence-corrected chi connectivity index (χ0v) is 12.7. The molecule has 2 unspecified atom stereocenters. The molecule has 0 heterocycles. The third-order valence-corrected chi connectivity index (χ3v) is 5.17. The van der Waals surface area contributed by atoms with Crippen LogP contribution in [0.25, 0.3) is 11.1 Å². The molecule has 2 aliphatic rings. The van der Waals surface area contributed by atoms with Crippen LogP contribution >= 0.6 is 0 Å². The zero-order valence-electron chi connectivity index (χ0n) is 12.7. The summed E-state index contributed by atoms with van der Waals surface area (Å²) >= 11 is 0. The van der Waals surface area contributed by atoms with Gasteiger partial charge in [-0.15, -0.1) is 0 Å². The molecule has 0 saturated heterocycles. The highest BCUT2D eigenvalue weighted by Crippen LogP contribution is 2.43. The molecular weight excluding hydrogens is 254 g/mol. The molecule has 108 valence electrons. The van der Waals surface area contributed by atoms with Crippen molar-refractivity contribution in [2.24, 2.45) is 5.92 Å². The van der Waals surface area contributed by atoms with Crippen molar-refractivity contribution in [1.29, 1.82) is 0 Å². The standard InChI is InChI=1S/C20H23N/c1-14-7-6-8-15(13-14)21-20-18-11-4-2-9-16(18)17-10-3-5-12-19(17)20/h2-5,9-12,14-15,20-21H,6-8,13H2,1H3. The van der Waals surface area contributed by atoms with Gasteiger partial charge in [-0.05, 0) is 41.0 Å². The fraction of sp³-hybridized carbons (Fsp3) is 0.400. The number of fused-ring (bicyclic) bond motifs is 3. The predicted octanol–water partition coefficient (Wildman–Crippen LogP) is 4.92. The summed E-state index contributed by atoms with van der Waals surface area (Å²) in [7, 11) is 0. The number of benzene rings is 2. The third-order valence-electron chi connectivity index (χ3n) is 5.17. The predicted molar refractivity (Wildman–Crippen MR) is 88.3 cm³/mol. The minimum absolute atomic E-state index is 0.382. The quantitative estimate of drug-likeness (QED) is 0.821. The zero-order chi connectivity index (χ0) is 14.2. The van der Waals surface area contributed by atoms with Crippen molar-refractivity contribution in [3.05, 3.63) is 59.7 Å². The summed E-state index contributed by atoms with van der Waals surface area (Å²) in [6.07, 6.45) is 5.41. The Hall–Kier alpha value is -1.60. The molecule has 1 N–H and O–H groups in total. The first-order chi connectivity index (χ1) is 10.3. The van der Waals surface area contributed by atoms with E-state index in [0.717, 1.165) is 5.92 Å². The maximum absolute atomic E-state index is 3.96. The van der Waals surface area contributed by atoms with E-state index in [9.17, 15) is 0 Å². The summed E-state index contributed by atoms with van der Waals surface area (Å²) in [6, 6.07) is 18.8. The molecule has 0 aliphatic heterocycles. The number of hydrogen-bond donors (Lipinski definition) is 1. The van der Waals surface area contributed by atoms with Gasteiger partial charge in [0.2, 0.25) is 0 Å². The van der Waals surface area contributed by atoms with Gasteiger partial charge in [0.1, 0.15) is 0 Å². The number of nitrogens with one attached hydrogen (secondary N) is 1. The molecule has 1 saturated carbocycles. The van der Waals surface area contributed by atoms with Crippen molar-refractivity contribution < 1.29 is 0 Å². The first-order valence-electron chi connectivity index (χ1n) is 8.27. The van der Waals surface area contributed by atoms with Crippen molar-refractivity contribution in [2.45, 2.75) is 44.7 Å². The van der Waals surface area contributed by atoms with E-state index in [0.29, 0.717) is 12.1 Å². The van der Waals surface area contributed by atoms with E-state index in [1.807, 2.05) is 0 Å². The normalized spacial score (nSPS) is 24.6. The van der Waals surface area contributed by atoms with Crippen LogP contribution in [0.2, 0.25) is 0 Å². The van der Waals surface area contributed by atoms with Gasteiger partial charge in [-0.2, -0.15) is 0 Å². The Bertz CT molecular complexity index is 600. The van der Waals surface area contributed by atoms with E-state index in [1.165, 1.54) is 47.9 Å². The van der Waals surface area contributed by atoms with Crippen LogP contribution in [0.5, 0.6) is 0 Å². The average Bonchev–Trinajstić information content (AvgIpc) is 2.83. The van der Waals surface area contributed by atoms with Gasteiger partial charge < -0.3 is 5.32 Å². The van der Waals surface area contributed by atoms with Crippen LogP contribution in [-0.2, 0) is 0 Å². The second-order valence-corrected chi connectivity index (χ2v) is 6.74. The molecule has 0 aromatic heterocycles. The largest absolute Gasteiger partial charge is 0.303 e. The molecule has 0 spiro atoms. The average molecular weight is 277 g/mol. The lowest BCUT2D eigenvalue weighted by Crippen LogP contribution is -2.36. The second-order valence-electron chi connectivity index (χ2n) is 6.74. The van der Waals surface area contributed by atoms with Gasteiger partial charge in [0.15, 0.2) is 0 Å². The Morgan fingerprint density at radius 1 is 0.857 bits per heavy atom. The molecule has 21 heavy (non-hydrogen) atoms. The minimum Gasteiger partial charge on any atom is -0.303 e. The van der Waals surface area contributed by atoms with Gasteiger partial charge in [0.05, 0.1) is 6.04 Å². The van der Waals surface area contributed by atoms with Crippen LogP contribution in [0.4, 0.5) is 0 Å². The Balaban J connectivity index is 1.68. The van der Waals surface area contributed by atoms with Crippen LogP contribution in [-0.4, -0.2) is 6.04 Å². The number of rotatable bonds is 2.